The van der Waals surface area contributed by atoms with Crippen LogP contribution in [0.15, 0.2) is 50.7 Å². The second-order valence-electron chi connectivity index (χ2n) is 6.69. The van der Waals surface area contributed by atoms with Crippen LogP contribution in [0.1, 0.15) is 52.1 Å². The van der Waals surface area contributed by atoms with Gasteiger partial charge in [0.05, 0.1) is 19.1 Å². The van der Waals surface area contributed by atoms with Gasteiger partial charge in [0.1, 0.15) is 11.5 Å². The highest BCUT2D eigenvalue weighted by molar-refractivity contribution is 5.65. The molecule has 0 amide bonds. The van der Waals surface area contributed by atoms with Crippen molar-refractivity contribution in [1.82, 2.24) is 0 Å². The lowest BCUT2D eigenvalue weighted by Gasteiger charge is -2.08. The molecule has 2 aromatic heterocycles. The van der Waals surface area contributed by atoms with Crippen molar-refractivity contribution >= 4 is 5.97 Å². The van der Waals surface area contributed by atoms with Gasteiger partial charge >= 0.3 is 5.97 Å². The molecular weight excluding hydrogens is 384 g/mol. The second-order valence-corrected chi connectivity index (χ2v) is 6.69. The lowest BCUT2D eigenvalue weighted by atomic mass is 10.0. The van der Waals surface area contributed by atoms with Crippen molar-refractivity contribution in [3.63, 3.8) is 0 Å². The minimum absolute atomic E-state index is 0.211. The number of nitrogens with two attached hydrogens (primary N) is 1. The molecular formula is C22H36N4O4. The molecule has 2 unspecified atom stereocenters. The van der Waals surface area contributed by atoms with E-state index in [0.29, 0.717) is 25.0 Å². The number of rotatable bonds is 10. The quantitative estimate of drug-likeness (QED) is 0.234. The summed E-state index contributed by atoms with van der Waals surface area (Å²) in [6, 6.07) is 7.73. The van der Waals surface area contributed by atoms with Gasteiger partial charge in [-0.2, -0.15) is 0 Å². The fourth-order valence-corrected chi connectivity index (χ4v) is 2.51. The van der Waals surface area contributed by atoms with E-state index in [1.807, 2.05) is 24.3 Å². The second kappa shape index (κ2) is 18.3. The number of hydrogen-bond donors (Lipinski definition) is 1. The van der Waals surface area contributed by atoms with Crippen LogP contribution < -0.4 is 5.73 Å². The first kappa shape index (κ1) is 27.3. The summed E-state index contributed by atoms with van der Waals surface area (Å²) < 4.78 is 14.8. The average Bonchev–Trinajstić information content (AvgIpc) is 3.44. The molecule has 0 saturated carbocycles. The molecule has 168 valence electrons. The van der Waals surface area contributed by atoms with E-state index in [1.54, 1.807) is 19.5 Å². The van der Waals surface area contributed by atoms with Gasteiger partial charge in [-0.15, -0.1) is 0 Å². The molecule has 2 aromatic rings. The first-order valence-electron chi connectivity index (χ1n) is 10.4. The van der Waals surface area contributed by atoms with Crippen LogP contribution in [-0.4, -0.2) is 25.7 Å². The number of ether oxygens (including phenoxy) is 1. The number of furan rings is 2. The van der Waals surface area contributed by atoms with Crippen molar-refractivity contribution in [3.8, 4) is 0 Å². The van der Waals surface area contributed by atoms with Gasteiger partial charge in [0.25, 0.3) is 0 Å². The maximum absolute atomic E-state index is 9.82. The first-order chi connectivity index (χ1) is 14.5. The molecule has 0 saturated heterocycles. The Bertz CT molecular complexity index is 676. The average molecular weight is 421 g/mol. The minimum atomic E-state index is -0.211. The van der Waals surface area contributed by atoms with Gasteiger partial charge in [-0.1, -0.05) is 31.8 Å². The summed E-state index contributed by atoms with van der Waals surface area (Å²) in [4.78, 5) is 12.6. The van der Waals surface area contributed by atoms with E-state index in [2.05, 4.69) is 28.6 Å². The number of carbonyl (C=O) groups is 1. The van der Waals surface area contributed by atoms with E-state index >= 15 is 0 Å². The van der Waals surface area contributed by atoms with Crippen LogP contribution in [-0.2, 0) is 22.4 Å². The molecule has 0 aliphatic rings. The highest BCUT2D eigenvalue weighted by atomic mass is 16.5. The van der Waals surface area contributed by atoms with Gasteiger partial charge in [-0.05, 0) is 55.1 Å². The van der Waals surface area contributed by atoms with Gasteiger partial charge in [0.2, 0.25) is 0 Å². The van der Waals surface area contributed by atoms with E-state index in [-0.39, 0.29) is 5.97 Å². The predicted octanol–water partition coefficient (Wildman–Crippen LogP) is 5.54. The molecule has 0 spiro atoms. The van der Waals surface area contributed by atoms with Crippen LogP contribution in [0.3, 0.4) is 0 Å². The Labute approximate surface area is 179 Å². The van der Waals surface area contributed by atoms with Crippen LogP contribution in [0.2, 0.25) is 0 Å². The van der Waals surface area contributed by atoms with Crippen molar-refractivity contribution in [3.05, 3.63) is 58.8 Å². The predicted molar refractivity (Wildman–Crippen MR) is 118 cm³/mol. The van der Waals surface area contributed by atoms with Crippen LogP contribution in [0.4, 0.5) is 0 Å². The van der Waals surface area contributed by atoms with Crippen LogP contribution in [0, 0.1) is 11.8 Å². The topological polar surface area (TPSA) is 127 Å². The molecule has 2 rings (SSSR count). The molecule has 2 N–H and O–H groups in total. The number of esters is 1. The standard InChI is InChI=1S/C9H13N3O.C9H15NO.C4H8O2/c1-2-8(7-11-12-10)6-9-4-3-5-13-9;1-2-8(7-10)6-9-4-3-5-11-9;1-3-6-4(2)5/h3-5,8H,2,6-7H2,1H3;3-5,8H,2,6-7,10H2,1H3;3H2,1-2H3. The maximum Gasteiger partial charge on any atom is 0.302 e. The van der Waals surface area contributed by atoms with E-state index in [9.17, 15) is 4.79 Å². The Kier molecular flexibility index (Phi) is 16.7. The van der Waals surface area contributed by atoms with Gasteiger partial charge in [0, 0.05) is 31.2 Å². The summed E-state index contributed by atoms with van der Waals surface area (Å²) in [7, 11) is 0. The van der Waals surface area contributed by atoms with Gasteiger partial charge in [-0.3, -0.25) is 4.79 Å². The molecule has 2 heterocycles. The van der Waals surface area contributed by atoms with E-state index in [1.165, 1.54) is 6.92 Å². The molecule has 0 aromatic carbocycles. The van der Waals surface area contributed by atoms with Crippen LogP contribution in [0.5, 0.6) is 0 Å². The summed E-state index contributed by atoms with van der Waals surface area (Å²) >= 11 is 0. The number of carbonyl (C=O) groups excluding carboxylic acids is 1. The van der Waals surface area contributed by atoms with Crippen molar-refractivity contribution in [2.24, 2.45) is 22.7 Å². The number of nitrogens with zero attached hydrogens (tertiary/aromatic N) is 3. The number of hydrogen-bond acceptors (Lipinski definition) is 6. The largest absolute Gasteiger partial charge is 0.469 e. The maximum atomic E-state index is 9.82. The van der Waals surface area contributed by atoms with Crippen LogP contribution >= 0.6 is 0 Å². The first-order valence-corrected chi connectivity index (χ1v) is 10.4. The van der Waals surface area contributed by atoms with Gasteiger partial charge in [0.15, 0.2) is 0 Å². The van der Waals surface area contributed by atoms with E-state index < -0.39 is 0 Å². The summed E-state index contributed by atoms with van der Waals surface area (Å²) in [5.74, 6) is 2.75. The third kappa shape index (κ3) is 14.3. The smallest absolute Gasteiger partial charge is 0.302 e. The third-order valence-corrected chi connectivity index (χ3v) is 4.38. The normalized spacial score (nSPS) is 11.6. The molecule has 8 nitrogen and oxygen atoms in total. The lowest BCUT2D eigenvalue weighted by molar-refractivity contribution is -0.140. The monoisotopic (exact) mass is 420 g/mol. The zero-order valence-corrected chi connectivity index (χ0v) is 18.6. The molecule has 0 bridgehead atoms. The molecule has 30 heavy (non-hydrogen) atoms. The third-order valence-electron chi connectivity index (χ3n) is 4.38. The fourth-order valence-electron chi connectivity index (χ4n) is 2.51. The van der Waals surface area contributed by atoms with E-state index in [0.717, 1.165) is 43.7 Å². The Hall–Kier alpha value is -2.70. The van der Waals surface area contributed by atoms with Gasteiger partial charge in [-0.25, -0.2) is 0 Å². The van der Waals surface area contributed by atoms with Crippen molar-refractivity contribution in [2.45, 2.75) is 53.4 Å². The summed E-state index contributed by atoms with van der Waals surface area (Å²) in [6.07, 6.45) is 7.31. The fraction of sp³-hybridized carbons (Fsp3) is 0.591. The lowest BCUT2D eigenvalue weighted by Crippen LogP contribution is -2.15. The molecule has 0 fully saturated rings. The van der Waals surface area contributed by atoms with E-state index in [4.69, 9.17) is 20.1 Å². The summed E-state index contributed by atoms with van der Waals surface area (Å²) in [5.41, 5.74) is 13.7. The molecule has 2 atom stereocenters. The highest BCUT2D eigenvalue weighted by Crippen LogP contribution is 2.13. The molecule has 0 aliphatic carbocycles. The summed E-state index contributed by atoms with van der Waals surface area (Å²) in [6.45, 7) is 9.19. The SMILES string of the molecule is CCC(CN)Cc1ccco1.CCC(CN=[N+]=[N-])Cc1ccco1.CCOC(C)=O. The Balaban J connectivity index is 0.000000450. The summed E-state index contributed by atoms with van der Waals surface area (Å²) in [5, 5.41) is 3.56. The van der Waals surface area contributed by atoms with Crippen molar-refractivity contribution in [1.29, 1.82) is 0 Å². The minimum Gasteiger partial charge on any atom is -0.469 e. The van der Waals surface area contributed by atoms with Crippen molar-refractivity contribution < 1.29 is 18.4 Å². The number of azide groups is 1. The highest BCUT2D eigenvalue weighted by Gasteiger charge is 2.07. The van der Waals surface area contributed by atoms with Gasteiger partial charge < -0.3 is 19.3 Å². The molecule has 8 heteroatoms. The molecule has 0 radical (unpaired) electrons. The Morgan fingerprint density at radius 3 is 1.93 bits per heavy atom. The Morgan fingerprint density at radius 1 is 1.10 bits per heavy atom. The van der Waals surface area contributed by atoms with Crippen molar-refractivity contribution in [2.75, 3.05) is 19.7 Å². The zero-order chi connectivity index (χ0) is 22.6. The Morgan fingerprint density at radius 2 is 1.63 bits per heavy atom. The molecule has 0 aliphatic heterocycles. The van der Waals surface area contributed by atoms with Crippen LogP contribution in [0.25, 0.3) is 10.4 Å². The zero-order valence-electron chi connectivity index (χ0n) is 18.6.